The Morgan fingerprint density at radius 3 is 2.66 bits per heavy atom. The minimum absolute atomic E-state index is 0.102. The summed E-state index contributed by atoms with van der Waals surface area (Å²) in [6.07, 6.45) is 2.29. The highest BCUT2D eigenvalue weighted by atomic mass is 16.6. The molecule has 35 heavy (non-hydrogen) atoms. The summed E-state index contributed by atoms with van der Waals surface area (Å²) in [5.74, 6) is -2.67. The van der Waals surface area contributed by atoms with E-state index in [0.29, 0.717) is 25.9 Å². The van der Waals surface area contributed by atoms with Crippen molar-refractivity contribution in [2.45, 2.75) is 63.9 Å². The number of carbonyl (C=O) groups excluding carboxylic acids is 3. The van der Waals surface area contributed by atoms with Crippen LogP contribution in [0.25, 0.3) is 0 Å². The molecule has 1 aromatic rings. The van der Waals surface area contributed by atoms with Crippen LogP contribution in [0.1, 0.15) is 39.2 Å². The molecule has 1 spiro atoms. The molecule has 3 fully saturated rings. The summed E-state index contributed by atoms with van der Waals surface area (Å²) >= 11 is 0. The summed E-state index contributed by atoms with van der Waals surface area (Å²) in [5.41, 5.74) is -0.162. The molecule has 8 heteroatoms. The molecule has 0 radical (unpaired) electrons. The zero-order valence-electron chi connectivity index (χ0n) is 20.8. The van der Waals surface area contributed by atoms with Crippen LogP contribution in [0.4, 0.5) is 0 Å². The van der Waals surface area contributed by atoms with Gasteiger partial charge in [-0.3, -0.25) is 14.4 Å². The maximum Gasteiger partial charge on any atom is 0.312 e. The first-order valence-corrected chi connectivity index (χ1v) is 12.5. The number of likely N-dealkylation sites (tertiary alicyclic amines) is 1. The van der Waals surface area contributed by atoms with Gasteiger partial charge in [0.1, 0.15) is 11.6 Å². The van der Waals surface area contributed by atoms with E-state index in [-0.39, 0.29) is 30.9 Å². The van der Waals surface area contributed by atoms with Crippen molar-refractivity contribution in [1.29, 1.82) is 0 Å². The first-order valence-electron chi connectivity index (χ1n) is 12.5. The molecule has 0 aromatic heterocycles. The van der Waals surface area contributed by atoms with Gasteiger partial charge in [-0.1, -0.05) is 50.3 Å². The van der Waals surface area contributed by atoms with Gasteiger partial charge in [0.2, 0.25) is 11.8 Å². The maximum absolute atomic E-state index is 14.3. The molecular formula is C27H36N2O6. The van der Waals surface area contributed by atoms with E-state index in [1.165, 1.54) is 4.90 Å². The lowest BCUT2D eigenvalue weighted by molar-refractivity contribution is -0.157. The number of benzene rings is 1. The number of aliphatic hydroxyl groups excluding tert-OH is 1. The van der Waals surface area contributed by atoms with Gasteiger partial charge in [-0.2, -0.15) is 0 Å². The van der Waals surface area contributed by atoms with Crippen molar-refractivity contribution >= 4 is 17.8 Å². The number of hydrogen-bond acceptors (Lipinski definition) is 6. The number of aliphatic hydroxyl groups is 1. The van der Waals surface area contributed by atoms with Crippen LogP contribution in [0.2, 0.25) is 0 Å². The van der Waals surface area contributed by atoms with Gasteiger partial charge in [-0.15, -0.1) is 6.58 Å². The molecule has 2 amide bonds. The zero-order chi connectivity index (χ0) is 25.3. The fraction of sp³-hybridized carbons (Fsp3) is 0.593. The Morgan fingerprint density at radius 2 is 2.06 bits per heavy atom. The van der Waals surface area contributed by atoms with Gasteiger partial charge in [0.05, 0.1) is 37.2 Å². The van der Waals surface area contributed by atoms with Crippen molar-refractivity contribution in [3.63, 3.8) is 0 Å². The predicted octanol–water partition coefficient (Wildman–Crippen LogP) is 2.16. The van der Waals surface area contributed by atoms with E-state index >= 15 is 0 Å². The lowest BCUT2D eigenvalue weighted by Crippen LogP contribution is -2.59. The summed E-state index contributed by atoms with van der Waals surface area (Å²) in [6.45, 7) is 9.94. The lowest BCUT2D eigenvalue weighted by Gasteiger charge is -2.40. The standard InChI is InChI=1S/C27H36N2O6/c1-5-14-28(15-18-10-8-7-9-11-18)25(32)23-27-13-12-20(35-27)21(26(33)34-6-2)22(27)24(31)29(23)19(16-30)17(3)4/h5,7-11,17,19-23,30H,1,6,12-16H2,2-4H3/t19-,20-,21+,22-,23?,27?/m0/s1. The smallest absolute Gasteiger partial charge is 0.312 e. The second kappa shape index (κ2) is 10.1. The molecule has 0 saturated carbocycles. The maximum atomic E-state index is 14.3. The van der Waals surface area contributed by atoms with Crippen molar-refractivity contribution in [3.05, 3.63) is 48.6 Å². The predicted molar refractivity (Wildman–Crippen MR) is 129 cm³/mol. The summed E-state index contributed by atoms with van der Waals surface area (Å²) in [6, 6.07) is 8.12. The van der Waals surface area contributed by atoms with Crippen LogP contribution in [0.15, 0.2) is 43.0 Å². The van der Waals surface area contributed by atoms with E-state index in [1.807, 2.05) is 44.2 Å². The molecule has 3 saturated heterocycles. The summed E-state index contributed by atoms with van der Waals surface area (Å²) in [4.78, 5) is 44.4. The first-order chi connectivity index (χ1) is 16.8. The molecule has 4 rings (SSSR count). The van der Waals surface area contributed by atoms with Crippen molar-refractivity contribution in [2.24, 2.45) is 17.8 Å². The van der Waals surface area contributed by atoms with Gasteiger partial charge < -0.3 is 24.4 Å². The Balaban J connectivity index is 1.77. The van der Waals surface area contributed by atoms with Crippen molar-refractivity contribution in [2.75, 3.05) is 19.8 Å². The number of esters is 1. The molecule has 3 aliphatic heterocycles. The lowest BCUT2D eigenvalue weighted by atomic mass is 9.70. The Kier molecular flexibility index (Phi) is 7.33. The molecular weight excluding hydrogens is 448 g/mol. The topological polar surface area (TPSA) is 96.4 Å². The molecule has 2 unspecified atom stereocenters. The van der Waals surface area contributed by atoms with E-state index < -0.39 is 41.6 Å². The van der Waals surface area contributed by atoms with Gasteiger partial charge in [-0.25, -0.2) is 0 Å². The van der Waals surface area contributed by atoms with Gasteiger partial charge in [0.25, 0.3) is 0 Å². The Labute approximate surface area is 206 Å². The number of carbonyl (C=O) groups is 3. The van der Waals surface area contributed by atoms with E-state index in [4.69, 9.17) is 9.47 Å². The van der Waals surface area contributed by atoms with Crippen molar-refractivity contribution < 1.29 is 29.0 Å². The number of fused-ring (bicyclic) bond motifs is 1. The second-order valence-corrected chi connectivity index (χ2v) is 10.0. The van der Waals surface area contributed by atoms with E-state index in [0.717, 1.165) is 5.56 Å². The van der Waals surface area contributed by atoms with Crippen LogP contribution < -0.4 is 0 Å². The van der Waals surface area contributed by atoms with Gasteiger partial charge >= 0.3 is 5.97 Å². The summed E-state index contributed by atoms with van der Waals surface area (Å²) in [7, 11) is 0. The monoisotopic (exact) mass is 484 g/mol. The van der Waals surface area contributed by atoms with E-state index in [2.05, 4.69) is 6.58 Å². The van der Waals surface area contributed by atoms with Gasteiger partial charge in [0, 0.05) is 13.1 Å². The third-order valence-electron chi connectivity index (χ3n) is 7.72. The SMILES string of the molecule is C=CCN(Cc1ccccc1)C(=O)C1N([C@@H](CO)C(C)C)C(=O)[C@@H]2[C@H](C(=O)OCC)[C@@H]3CCC12O3. The summed E-state index contributed by atoms with van der Waals surface area (Å²) in [5, 5.41) is 10.3. The second-order valence-electron chi connectivity index (χ2n) is 10.0. The largest absolute Gasteiger partial charge is 0.466 e. The normalized spacial score (nSPS) is 29.9. The van der Waals surface area contributed by atoms with Crippen LogP contribution in [-0.2, 0) is 30.4 Å². The Morgan fingerprint density at radius 1 is 1.34 bits per heavy atom. The molecule has 3 aliphatic rings. The van der Waals surface area contributed by atoms with Crippen LogP contribution >= 0.6 is 0 Å². The molecule has 6 atom stereocenters. The van der Waals surface area contributed by atoms with Crippen LogP contribution in [-0.4, -0.2) is 76.2 Å². The molecule has 1 aromatic carbocycles. The summed E-state index contributed by atoms with van der Waals surface area (Å²) < 4.78 is 11.7. The minimum Gasteiger partial charge on any atom is -0.466 e. The molecule has 2 bridgehead atoms. The zero-order valence-corrected chi connectivity index (χ0v) is 20.8. The highest BCUT2D eigenvalue weighted by Crippen LogP contribution is 2.59. The van der Waals surface area contributed by atoms with Crippen molar-refractivity contribution in [1.82, 2.24) is 9.80 Å². The van der Waals surface area contributed by atoms with E-state index in [1.54, 1.807) is 17.9 Å². The quantitative estimate of drug-likeness (QED) is 0.404. The molecule has 1 N–H and O–H groups in total. The van der Waals surface area contributed by atoms with Crippen LogP contribution in [0, 0.1) is 17.8 Å². The third kappa shape index (κ3) is 4.16. The Bertz CT molecular complexity index is 966. The molecule has 8 nitrogen and oxygen atoms in total. The van der Waals surface area contributed by atoms with Gasteiger partial charge in [0.15, 0.2) is 0 Å². The third-order valence-corrected chi connectivity index (χ3v) is 7.72. The molecule has 0 aliphatic carbocycles. The average molecular weight is 485 g/mol. The Hall–Kier alpha value is -2.71. The van der Waals surface area contributed by atoms with Crippen LogP contribution in [0.5, 0.6) is 0 Å². The number of hydrogen-bond donors (Lipinski definition) is 1. The number of rotatable bonds is 10. The highest BCUT2D eigenvalue weighted by molar-refractivity contribution is 5.98. The number of nitrogens with zero attached hydrogens (tertiary/aromatic N) is 2. The number of ether oxygens (including phenoxy) is 2. The first kappa shape index (κ1) is 25.4. The fourth-order valence-corrected chi connectivity index (χ4v) is 6.22. The van der Waals surface area contributed by atoms with E-state index in [9.17, 15) is 19.5 Å². The van der Waals surface area contributed by atoms with Gasteiger partial charge in [-0.05, 0) is 31.2 Å². The highest BCUT2D eigenvalue weighted by Gasteiger charge is 2.75. The average Bonchev–Trinajstić information content (AvgIpc) is 3.47. The number of amides is 2. The molecule has 3 heterocycles. The molecule has 190 valence electrons. The van der Waals surface area contributed by atoms with Crippen molar-refractivity contribution in [3.8, 4) is 0 Å². The minimum atomic E-state index is -1.12. The van der Waals surface area contributed by atoms with Crippen LogP contribution in [0.3, 0.4) is 0 Å². The fourth-order valence-electron chi connectivity index (χ4n) is 6.22.